The number of amides is 1. The predicted molar refractivity (Wildman–Crippen MR) is 124 cm³/mol. The van der Waals surface area contributed by atoms with Crippen molar-refractivity contribution in [3.63, 3.8) is 0 Å². The normalized spacial score (nSPS) is 10.9. The van der Waals surface area contributed by atoms with Crippen molar-refractivity contribution in [3.8, 4) is 11.5 Å². The summed E-state index contributed by atoms with van der Waals surface area (Å²) in [6.45, 7) is 1.94. The van der Waals surface area contributed by atoms with Crippen molar-refractivity contribution in [2.75, 3.05) is 11.1 Å². The van der Waals surface area contributed by atoms with Gasteiger partial charge in [0.15, 0.2) is 0 Å². The Bertz CT molecular complexity index is 1140. The van der Waals surface area contributed by atoms with E-state index in [1.807, 2.05) is 89.4 Å². The van der Waals surface area contributed by atoms with Crippen LogP contribution in [0.25, 0.3) is 11.5 Å². The Kier molecular flexibility index (Phi) is 6.26. The van der Waals surface area contributed by atoms with Gasteiger partial charge in [0.25, 0.3) is 0 Å². The average molecular weight is 437 g/mol. The number of carbonyl (C=O) groups excluding carboxylic acids is 1. The van der Waals surface area contributed by atoms with Gasteiger partial charge in [-0.15, -0.1) is 11.8 Å². The van der Waals surface area contributed by atoms with Crippen LogP contribution >= 0.6 is 23.4 Å². The van der Waals surface area contributed by atoms with Gasteiger partial charge in [-0.05, 0) is 48.9 Å². The molecule has 0 fully saturated rings. The molecule has 2 heterocycles. The van der Waals surface area contributed by atoms with Gasteiger partial charge in [-0.1, -0.05) is 35.9 Å². The van der Waals surface area contributed by atoms with E-state index in [1.165, 1.54) is 0 Å². The van der Waals surface area contributed by atoms with Crippen LogP contribution < -0.4 is 5.32 Å². The molecule has 0 saturated carbocycles. The topological polar surface area (TPSA) is 51.9 Å². The monoisotopic (exact) mass is 436 g/mol. The maximum Gasteiger partial charge on any atom is 0.234 e. The minimum absolute atomic E-state index is 0.0525. The second-order valence-corrected chi connectivity index (χ2v) is 8.25. The molecule has 0 unspecified atom stereocenters. The van der Waals surface area contributed by atoms with Crippen molar-refractivity contribution >= 4 is 35.0 Å². The summed E-state index contributed by atoms with van der Waals surface area (Å²) in [4.78, 5) is 12.4. The molecule has 0 aliphatic rings. The fourth-order valence-electron chi connectivity index (χ4n) is 3.16. The van der Waals surface area contributed by atoms with Crippen molar-refractivity contribution in [1.29, 1.82) is 0 Å². The van der Waals surface area contributed by atoms with Gasteiger partial charge in [-0.25, -0.2) is 4.68 Å². The van der Waals surface area contributed by atoms with Gasteiger partial charge in [0.1, 0.15) is 5.82 Å². The zero-order valence-corrected chi connectivity index (χ0v) is 18.0. The number of aryl methyl sites for hydroxylation is 1. The van der Waals surface area contributed by atoms with Crippen LogP contribution in [0.4, 0.5) is 5.69 Å². The Morgan fingerprint density at radius 1 is 1.10 bits per heavy atom. The molecule has 1 amide bonds. The number of thioether (sulfide) groups is 1. The molecule has 0 saturated heterocycles. The summed E-state index contributed by atoms with van der Waals surface area (Å²) in [5.74, 6) is 1.93. The van der Waals surface area contributed by atoms with Crippen LogP contribution in [0.15, 0.2) is 79.3 Å². The van der Waals surface area contributed by atoms with Gasteiger partial charge < -0.3 is 9.88 Å². The van der Waals surface area contributed by atoms with Crippen LogP contribution in [0.1, 0.15) is 11.1 Å². The largest absolute Gasteiger partial charge is 0.325 e. The first-order valence-corrected chi connectivity index (χ1v) is 11.0. The molecule has 0 spiro atoms. The number of hydrogen-bond donors (Lipinski definition) is 1. The lowest BCUT2D eigenvalue weighted by atomic mass is 10.2. The van der Waals surface area contributed by atoms with Gasteiger partial charge in [0.05, 0.1) is 17.6 Å². The highest BCUT2D eigenvalue weighted by Gasteiger charge is 2.15. The molecule has 4 aromatic rings. The van der Waals surface area contributed by atoms with E-state index in [9.17, 15) is 4.79 Å². The highest BCUT2D eigenvalue weighted by Crippen LogP contribution is 2.24. The van der Waals surface area contributed by atoms with E-state index in [1.54, 1.807) is 17.8 Å². The zero-order valence-electron chi connectivity index (χ0n) is 16.5. The molecular formula is C23H21ClN4OS. The maximum atomic E-state index is 12.4. The summed E-state index contributed by atoms with van der Waals surface area (Å²) in [6.07, 6.45) is 5.87. The summed E-state index contributed by atoms with van der Waals surface area (Å²) in [5, 5.41) is 8.14. The van der Waals surface area contributed by atoms with E-state index in [2.05, 4.69) is 10.4 Å². The fraction of sp³-hybridized carbons (Fsp3) is 0.130. The Labute approximate surface area is 184 Å². The minimum atomic E-state index is -0.0525. The first-order chi connectivity index (χ1) is 14.6. The molecule has 2 aromatic heterocycles. The third-order valence-electron chi connectivity index (χ3n) is 4.63. The molecule has 152 valence electrons. The van der Waals surface area contributed by atoms with E-state index in [-0.39, 0.29) is 5.91 Å². The Hall–Kier alpha value is -2.96. The lowest BCUT2D eigenvalue weighted by molar-refractivity contribution is -0.113. The fourth-order valence-corrected chi connectivity index (χ4v) is 4.11. The standard InChI is InChI=1S/C23H21ClN4OS/c1-17-9-10-19(24)13-21(17)26-22(29)16-30-15-18-14-25-28(20-7-3-2-4-8-20)23(18)27-11-5-6-12-27/h2-14H,15-16H2,1H3,(H,26,29). The molecule has 0 radical (unpaired) electrons. The van der Waals surface area contributed by atoms with Gasteiger partial charge >= 0.3 is 0 Å². The molecule has 5 nitrogen and oxygen atoms in total. The lowest BCUT2D eigenvalue weighted by Gasteiger charge is -2.11. The Balaban J connectivity index is 1.47. The highest BCUT2D eigenvalue weighted by atomic mass is 35.5. The summed E-state index contributed by atoms with van der Waals surface area (Å²) in [5.41, 5.74) is 3.79. The average Bonchev–Trinajstić information content (AvgIpc) is 3.41. The quantitative estimate of drug-likeness (QED) is 0.416. The van der Waals surface area contributed by atoms with Crippen LogP contribution in [-0.2, 0) is 10.5 Å². The smallest absolute Gasteiger partial charge is 0.234 e. The van der Waals surface area contributed by atoms with E-state index >= 15 is 0 Å². The molecule has 0 aliphatic heterocycles. The zero-order chi connectivity index (χ0) is 20.9. The number of carbonyl (C=O) groups is 1. The van der Waals surface area contributed by atoms with Crippen LogP contribution in [0.3, 0.4) is 0 Å². The van der Waals surface area contributed by atoms with E-state index in [4.69, 9.17) is 11.6 Å². The van der Waals surface area contributed by atoms with Gasteiger partial charge in [-0.3, -0.25) is 4.79 Å². The first kappa shape index (κ1) is 20.3. The van der Waals surface area contributed by atoms with E-state index < -0.39 is 0 Å². The van der Waals surface area contributed by atoms with Crippen LogP contribution in [0.5, 0.6) is 0 Å². The van der Waals surface area contributed by atoms with Gasteiger partial charge in [0, 0.05) is 34.4 Å². The second kappa shape index (κ2) is 9.24. The molecule has 2 aromatic carbocycles. The van der Waals surface area contributed by atoms with E-state index in [0.29, 0.717) is 16.5 Å². The third-order valence-corrected chi connectivity index (χ3v) is 5.85. The number of benzene rings is 2. The number of anilines is 1. The number of hydrogen-bond acceptors (Lipinski definition) is 3. The van der Waals surface area contributed by atoms with Gasteiger partial charge in [-0.2, -0.15) is 5.10 Å². The molecule has 0 bridgehead atoms. The van der Waals surface area contributed by atoms with Crippen LogP contribution in [0, 0.1) is 6.92 Å². The molecular weight excluding hydrogens is 416 g/mol. The lowest BCUT2D eigenvalue weighted by Crippen LogP contribution is -2.15. The summed E-state index contributed by atoms with van der Waals surface area (Å²) < 4.78 is 3.97. The Morgan fingerprint density at radius 3 is 2.63 bits per heavy atom. The number of rotatable bonds is 7. The molecule has 4 rings (SSSR count). The van der Waals surface area contributed by atoms with Crippen LogP contribution in [-0.4, -0.2) is 26.0 Å². The van der Waals surface area contributed by atoms with Crippen molar-refractivity contribution in [2.24, 2.45) is 0 Å². The van der Waals surface area contributed by atoms with Crippen molar-refractivity contribution in [2.45, 2.75) is 12.7 Å². The van der Waals surface area contributed by atoms with Crippen molar-refractivity contribution < 1.29 is 4.79 Å². The number of nitrogens with zero attached hydrogens (tertiary/aromatic N) is 3. The molecule has 0 atom stereocenters. The summed E-state index contributed by atoms with van der Waals surface area (Å²) in [6, 6.07) is 19.5. The van der Waals surface area contributed by atoms with Gasteiger partial charge in [0.2, 0.25) is 5.91 Å². The minimum Gasteiger partial charge on any atom is -0.325 e. The molecule has 30 heavy (non-hydrogen) atoms. The van der Waals surface area contributed by atoms with Crippen LogP contribution in [0.2, 0.25) is 5.02 Å². The molecule has 7 heteroatoms. The predicted octanol–water partition coefficient (Wildman–Crippen LogP) is 5.50. The Morgan fingerprint density at radius 2 is 1.87 bits per heavy atom. The maximum absolute atomic E-state index is 12.4. The number of halogens is 1. The first-order valence-electron chi connectivity index (χ1n) is 9.51. The number of para-hydroxylation sites is 1. The van der Waals surface area contributed by atoms with E-state index in [0.717, 1.165) is 28.3 Å². The summed E-state index contributed by atoms with van der Waals surface area (Å²) in [7, 11) is 0. The SMILES string of the molecule is Cc1ccc(Cl)cc1NC(=O)CSCc1cnn(-c2ccccc2)c1-n1cccc1. The number of nitrogens with one attached hydrogen (secondary N) is 1. The summed E-state index contributed by atoms with van der Waals surface area (Å²) >= 11 is 7.59. The van der Waals surface area contributed by atoms with Crippen molar-refractivity contribution in [1.82, 2.24) is 14.3 Å². The molecule has 1 N–H and O–H groups in total. The second-order valence-electron chi connectivity index (χ2n) is 6.83. The third kappa shape index (κ3) is 4.61. The van der Waals surface area contributed by atoms with Crippen molar-refractivity contribution in [3.05, 3.63) is 95.4 Å². The molecule has 0 aliphatic carbocycles. The highest BCUT2D eigenvalue weighted by molar-refractivity contribution is 7.99. The number of aromatic nitrogens is 3.